The van der Waals surface area contributed by atoms with Gasteiger partial charge in [-0.05, 0) is 25.1 Å². The van der Waals surface area contributed by atoms with Crippen molar-refractivity contribution in [2.45, 2.75) is 33.4 Å². The number of benzene rings is 1. The van der Waals surface area contributed by atoms with Gasteiger partial charge in [0.1, 0.15) is 11.6 Å². The van der Waals surface area contributed by atoms with Gasteiger partial charge in [-0.15, -0.1) is 11.3 Å². The topological polar surface area (TPSA) is 43.4 Å². The minimum Gasteiger partial charge on any atom is -0.490 e. The van der Waals surface area contributed by atoms with Gasteiger partial charge in [0.25, 0.3) is 0 Å². The van der Waals surface area contributed by atoms with Crippen molar-refractivity contribution in [3.63, 3.8) is 0 Å². The molecule has 5 heteroatoms. The Morgan fingerprint density at radius 2 is 1.90 bits per heavy atom. The molecular weight excluding hydrogens is 284 g/mol. The van der Waals surface area contributed by atoms with Crippen LogP contribution in [0, 0.1) is 0 Å². The number of para-hydroxylation sites is 2. The summed E-state index contributed by atoms with van der Waals surface area (Å²) in [6.07, 6.45) is 0.980. The van der Waals surface area contributed by atoms with Gasteiger partial charge in [-0.25, -0.2) is 4.98 Å². The molecule has 4 nitrogen and oxygen atoms in total. The van der Waals surface area contributed by atoms with Crippen molar-refractivity contribution in [2.75, 3.05) is 13.2 Å². The third-order valence-electron chi connectivity index (χ3n) is 2.81. The van der Waals surface area contributed by atoms with Crippen molar-refractivity contribution >= 4 is 11.3 Å². The van der Waals surface area contributed by atoms with Crippen molar-refractivity contribution in [2.24, 2.45) is 0 Å². The van der Waals surface area contributed by atoms with Crippen LogP contribution in [0.3, 0.4) is 0 Å². The summed E-state index contributed by atoms with van der Waals surface area (Å²) in [6, 6.07) is 7.76. The van der Waals surface area contributed by atoms with E-state index in [-0.39, 0.29) is 0 Å². The molecule has 0 aliphatic heterocycles. The number of nitrogens with one attached hydrogen (secondary N) is 1. The molecule has 21 heavy (non-hydrogen) atoms. The van der Waals surface area contributed by atoms with Gasteiger partial charge in [0.2, 0.25) is 0 Å². The third kappa shape index (κ3) is 5.02. The average Bonchev–Trinajstić information content (AvgIpc) is 2.97. The van der Waals surface area contributed by atoms with Crippen LogP contribution in [-0.4, -0.2) is 18.1 Å². The van der Waals surface area contributed by atoms with Crippen LogP contribution < -0.4 is 14.8 Å². The summed E-state index contributed by atoms with van der Waals surface area (Å²) in [7, 11) is 0. The van der Waals surface area contributed by atoms with Crippen LogP contribution in [0.2, 0.25) is 0 Å². The molecule has 1 N–H and O–H groups in total. The van der Waals surface area contributed by atoms with E-state index in [0.29, 0.717) is 13.2 Å². The van der Waals surface area contributed by atoms with Crippen LogP contribution in [0.25, 0.3) is 0 Å². The molecule has 0 bridgehead atoms. The Hall–Kier alpha value is -1.59. The Morgan fingerprint density at radius 1 is 1.14 bits per heavy atom. The van der Waals surface area contributed by atoms with Crippen LogP contribution in [-0.2, 0) is 13.2 Å². The lowest BCUT2D eigenvalue weighted by molar-refractivity contribution is 0.260. The summed E-state index contributed by atoms with van der Waals surface area (Å²) in [5, 5.41) is 6.40. The number of ether oxygens (including phenoxy) is 2. The first-order chi connectivity index (χ1) is 10.3. The van der Waals surface area contributed by atoms with Crippen LogP contribution in [0.15, 0.2) is 29.6 Å². The summed E-state index contributed by atoms with van der Waals surface area (Å²) < 4.78 is 11.5. The first-order valence-electron chi connectivity index (χ1n) is 7.32. The Labute approximate surface area is 130 Å². The lowest BCUT2D eigenvalue weighted by Gasteiger charge is -2.11. The molecule has 0 radical (unpaired) electrons. The van der Waals surface area contributed by atoms with E-state index in [0.717, 1.165) is 41.7 Å². The molecule has 0 aliphatic rings. The fraction of sp³-hybridized carbons (Fsp3) is 0.438. The second kappa shape index (κ2) is 8.64. The zero-order chi connectivity index (χ0) is 14.9. The predicted molar refractivity (Wildman–Crippen MR) is 86.1 cm³/mol. The van der Waals surface area contributed by atoms with Crippen molar-refractivity contribution in [3.8, 4) is 11.5 Å². The quantitative estimate of drug-likeness (QED) is 0.768. The molecule has 1 aromatic carbocycles. The van der Waals surface area contributed by atoms with E-state index in [9.17, 15) is 0 Å². The number of aromatic nitrogens is 1. The Bertz CT molecular complexity index is 543. The monoisotopic (exact) mass is 306 g/mol. The largest absolute Gasteiger partial charge is 0.490 e. The molecular formula is C16H22N2O2S. The van der Waals surface area contributed by atoms with E-state index < -0.39 is 0 Å². The van der Waals surface area contributed by atoms with E-state index >= 15 is 0 Å². The lowest BCUT2D eigenvalue weighted by Crippen LogP contribution is -2.11. The minimum atomic E-state index is 0.467. The van der Waals surface area contributed by atoms with Crippen LogP contribution in [0.1, 0.15) is 31.0 Å². The van der Waals surface area contributed by atoms with Gasteiger partial charge >= 0.3 is 0 Å². The van der Waals surface area contributed by atoms with Crippen LogP contribution in [0.5, 0.6) is 11.5 Å². The lowest BCUT2D eigenvalue weighted by atomic mass is 10.3. The normalized spacial score (nSPS) is 10.6. The Balaban J connectivity index is 1.91. The number of hydrogen-bond donors (Lipinski definition) is 1. The Morgan fingerprint density at radius 3 is 2.62 bits per heavy atom. The maximum atomic E-state index is 5.84. The minimum absolute atomic E-state index is 0.467. The van der Waals surface area contributed by atoms with Gasteiger partial charge in [0, 0.05) is 11.9 Å². The fourth-order valence-corrected chi connectivity index (χ4v) is 2.53. The van der Waals surface area contributed by atoms with Crippen molar-refractivity contribution < 1.29 is 9.47 Å². The molecule has 0 saturated carbocycles. The number of hydrogen-bond acceptors (Lipinski definition) is 5. The van der Waals surface area contributed by atoms with Gasteiger partial charge in [-0.1, -0.05) is 26.0 Å². The smallest absolute Gasteiger partial charge is 0.161 e. The average molecular weight is 306 g/mol. The van der Waals surface area contributed by atoms with Crippen LogP contribution in [0.4, 0.5) is 0 Å². The zero-order valence-electron chi connectivity index (χ0n) is 12.6. The molecule has 2 rings (SSSR count). The highest BCUT2D eigenvalue weighted by Gasteiger charge is 2.06. The number of rotatable bonds is 9. The van der Waals surface area contributed by atoms with Gasteiger partial charge in [0.15, 0.2) is 11.5 Å². The molecule has 2 aromatic rings. The zero-order valence-corrected chi connectivity index (χ0v) is 13.4. The van der Waals surface area contributed by atoms with E-state index in [4.69, 9.17) is 9.47 Å². The van der Waals surface area contributed by atoms with E-state index in [1.165, 1.54) is 0 Å². The first-order valence-corrected chi connectivity index (χ1v) is 8.20. The van der Waals surface area contributed by atoms with Crippen molar-refractivity contribution in [3.05, 3.63) is 40.3 Å². The standard InChI is InChI=1S/C16H22N2O2S/c1-3-9-19-14-7-5-6-8-15(14)20-11-13-12-21-16(18-13)10-17-4-2/h5-8,12,17H,3-4,9-11H2,1-2H3. The second-order valence-corrected chi connectivity index (χ2v) is 5.54. The molecule has 0 fully saturated rings. The number of nitrogens with zero attached hydrogens (tertiary/aromatic N) is 1. The highest BCUT2D eigenvalue weighted by molar-refractivity contribution is 7.09. The van der Waals surface area contributed by atoms with Crippen molar-refractivity contribution in [1.82, 2.24) is 10.3 Å². The summed E-state index contributed by atoms with van der Waals surface area (Å²) >= 11 is 1.66. The number of thiazole rings is 1. The summed E-state index contributed by atoms with van der Waals surface area (Å²) in [6.45, 7) is 7.11. The maximum absolute atomic E-state index is 5.84. The van der Waals surface area contributed by atoms with E-state index in [1.807, 2.05) is 29.6 Å². The molecule has 0 saturated heterocycles. The van der Waals surface area contributed by atoms with E-state index in [2.05, 4.69) is 24.1 Å². The molecule has 0 atom stereocenters. The van der Waals surface area contributed by atoms with Crippen LogP contribution >= 0.6 is 11.3 Å². The molecule has 0 spiro atoms. The molecule has 0 aliphatic carbocycles. The Kier molecular flexibility index (Phi) is 6.50. The molecule has 0 amide bonds. The van der Waals surface area contributed by atoms with E-state index in [1.54, 1.807) is 11.3 Å². The highest BCUT2D eigenvalue weighted by atomic mass is 32.1. The van der Waals surface area contributed by atoms with Crippen molar-refractivity contribution in [1.29, 1.82) is 0 Å². The predicted octanol–water partition coefficient (Wildman–Crippen LogP) is 3.62. The molecule has 1 heterocycles. The maximum Gasteiger partial charge on any atom is 0.161 e. The SMILES string of the molecule is CCCOc1ccccc1OCc1csc(CNCC)n1. The second-order valence-electron chi connectivity index (χ2n) is 4.60. The molecule has 0 unspecified atom stereocenters. The van der Waals surface area contributed by atoms with Gasteiger partial charge in [0.05, 0.1) is 12.3 Å². The fourth-order valence-electron chi connectivity index (χ4n) is 1.78. The summed E-state index contributed by atoms with van der Waals surface area (Å²) in [4.78, 5) is 4.54. The van der Waals surface area contributed by atoms with Gasteiger partial charge < -0.3 is 14.8 Å². The summed E-state index contributed by atoms with van der Waals surface area (Å²) in [5.41, 5.74) is 0.957. The summed E-state index contributed by atoms with van der Waals surface area (Å²) in [5.74, 6) is 1.56. The molecule has 114 valence electrons. The molecule has 1 aromatic heterocycles. The van der Waals surface area contributed by atoms with Gasteiger partial charge in [-0.2, -0.15) is 0 Å². The third-order valence-corrected chi connectivity index (χ3v) is 3.71. The first kappa shape index (κ1) is 15.8. The van der Waals surface area contributed by atoms with Gasteiger partial charge in [-0.3, -0.25) is 0 Å². The highest BCUT2D eigenvalue weighted by Crippen LogP contribution is 2.27.